The summed E-state index contributed by atoms with van der Waals surface area (Å²) in [7, 11) is 0. The van der Waals surface area contributed by atoms with Gasteiger partial charge in [-0.15, -0.1) is 0 Å². The number of hydrogen-bond acceptors (Lipinski definition) is 4. The van der Waals surface area contributed by atoms with Gasteiger partial charge in [-0.05, 0) is 57.4 Å². The summed E-state index contributed by atoms with van der Waals surface area (Å²) in [5.41, 5.74) is 0. The van der Waals surface area contributed by atoms with Crippen molar-refractivity contribution in [2.45, 2.75) is 58.3 Å². The van der Waals surface area contributed by atoms with Crippen LogP contribution in [0.4, 0.5) is 0 Å². The molecule has 0 aliphatic carbocycles. The first-order chi connectivity index (χ1) is 11.6. The Morgan fingerprint density at radius 2 is 1.62 bits per heavy atom. The van der Waals surface area contributed by atoms with Crippen LogP contribution in [0.3, 0.4) is 0 Å². The first-order valence-corrected chi connectivity index (χ1v) is 8.72. The quantitative estimate of drug-likeness (QED) is 0.811. The number of hydrogen-bond donors (Lipinski definition) is 0. The molecular formula is C19H26N2O3. The van der Waals surface area contributed by atoms with Crippen molar-refractivity contribution in [1.82, 2.24) is 9.80 Å². The molecule has 2 atom stereocenters. The molecule has 130 valence electrons. The van der Waals surface area contributed by atoms with Crippen molar-refractivity contribution < 1.29 is 13.6 Å². The van der Waals surface area contributed by atoms with Gasteiger partial charge in [0.1, 0.15) is 11.5 Å². The molecule has 0 N–H and O–H groups in total. The Kier molecular flexibility index (Phi) is 5.41. The summed E-state index contributed by atoms with van der Waals surface area (Å²) in [4.78, 5) is 17.0. The second-order valence-corrected chi connectivity index (χ2v) is 6.73. The molecule has 0 saturated carbocycles. The molecule has 0 spiro atoms. The van der Waals surface area contributed by atoms with Crippen LogP contribution in [-0.2, 0) is 17.9 Å². The van der Waals surface area contributed by atoms with E-state index in [0.717, 1.165) is 24.4 Å². The maximum atomic E-state index is 12.9. The third-order valence-electron chi connectivity index (χ3n) is 4.76. The van der Waals surface area contributed by atoms with Crippen LogP contribution in [0.15, 0.2) is 45.6 Å². The van der Waals surface area contributed by atoms with E-state index in [9.17, 15) is 4.79 Å². The number of rotatable bonds is 6. The second-order valence-electron chi connectivity index (χ2n) is 6.73. The zero-order valence-corrected chi connectivity index (χ0v) is 14.5. The number of amides is 1. The fourth-order valence-electron chi connectivity index (χ4n) is 3.60. The van der Waals surface area contributed by atoms with Crippen molar-refractivity contribution in [2.24, 2.45) is 0 Å². The Morgan fingerprint density at radius 1 is 1.08 bits per heavy atom. The molecule has 1 fully saturated rings. The lowest BCUT2D eigenvalue weighted by atomic mass is 9.97. The minimum atomic E-state index is 0.188. The molecule has 0 bridgehead atoms. The van der Waals surface area contributed by atoms with Crippen molar-refractivity contribution >= 4 is 5.91 Å². The summed E-state index contributed by atoms with van der Waals surface area (Å²) < 4.78 is 10.9. The Hall–Kier alpha value is -2.01. The third-order valence-corrected chi connectivity index (χ3v) is 4.76. The van der Waals surface area contributed by atoms with Crippen LogP contribution < -0.4 is 0 Å². The van der Waals surface area contributed by atoms with Gasteiger partial charge in [0.2, 0.25) is 5.91 Å². The van der Waals surface area contributed by atoms with Crippen LogP contribution in [0, 0.1) is 0 Å². The second kappa shape index (κ2) is 7.71. The van der Waals surface area contributed by atoms with Crippen molar-refractivity contribution in [2.75, 3.05) is 6.54 Å². The van der Waals surface area contributed by atoms with Crippen molar-refractivity contribution in [3.05, 3.63) is 48.3 Å². The van der Waals surface area contributed by atoms with Gasteiger partial charge >= 0.3 is 0 Å². The largest absolute Gasteiger partial charge is 0.468 e. The van der Waals surface area contributed by atoms with Crippen LogP contribution in [0.25, 0.3) is 0 Å². The predicted molar refractivity (Wildman–Crippen MR) is 91.2 cm³/mol. The van der Waals surface area contributed by atoms with E-state index in [2.05, 4.69) is 23.6 Å². The van der Waals surface area contributed by atoms with E-state index in [-0.39, 0.29) is 5.91 Å². The molecule has 2 aromatic rings. The highest BCUT2D eigenvalue weighted by Crippen LogP contribution is 2.23. The molecule has 0 aromatic carbocycles. The van der Waals surface area contributed by atoms with Crippen molar-refractivity contribution in [3.63, 3.8) is 0 Å². The van der Waals surface area contributed by atoms with Crippen LogP contribution in [-0.4, -0.2) is 34.3 Å². The van der Waals surface area contributed by atoms with E-state index in [1.54, 1.807) is 12.5 Å². The summed E-state index contributed by atoms with van der Waals surface area (Å²) in [6.07, 6.45) is 6.71. The molecule has 24 heavy (non-hydrogen) atoms. The maximum absolute atomic E-state index is 12.9. The number of likely N-dealkylation sites (tertiary alicyclic amines) is 1. The van der Waals surface area contributed by atoms with Gasteiger partial charge in [-0.1, -0.05) is 0 Å². The van der Waals surface area contributed by atoms with E-state index in [0.29, 0.717) is 31.7 Å². The summed E-state index contributed by atoms with van der Waals surface area (Å²) in [6.45, 7) is 5.86. The topological polar surface area (TPSA) is 49.8 Å². The van der Waals surface area contributed by atoms with Gasteiger partial charge in [0.05, 0.1) is 32.2 Å². The normalized spacial score (nSPS) is 21.4. The zero-order valence-electron chi connectivity index (χ0n) is 14.5. The lowest BCUT2D eigenvalue weighted by Gasteiger charge is -2.40. The summed E-state index contributed by atoms with van der Waals surface area (Å²) in [5, 5.41) is 0. The molecule has 3 rings (SSSR count). The number of furan rings is 2. The van der Waals surface area contributed by atoms with Gasteiger partial charge in [0.15, 0.2) is 0 Å². The molecule has 1 aliphatic heterocycles. The Labute approximate surface area is 143 Å². The number of piperidine rings is 1. The van der Waals surface area contributed by atoms with Gasteiger partial charge in [-0.3, -0.25) is 9.69 Å². The summed E-state index contributed by atoms with van der Waals surface area (Å²) in [5.74, 6) is 1.90. The highest BCUT2D eigenvalue weighted by Gasteiger charge is 2.30. The van der Waals surface area contributed by atoms with E-state index in [1.807, 2.05) is 24.3 Å². The first kappa shape index (κ1) is 16.8. The van der Waals surface area contributed by atoms with Crippen molar-refractivity contribution in [3.8, 4) is 0 Å². The molecule has 3 heterocycles. The van der Waals surface area contributed by atoms with Crippen LogP contribution in [0.2, 0.25) is 0 Å². The average molecular weight is 330 g/mol. The molecule has 2 aromatic heterocycles. The fraction of sp³-hybridized carbons (Fsp3) is 0.526. The molecule has 1 saturated heterocycles. The monoisotopic (exact) mass is 330 g/mol. The lowest BCUT2D eigenvalue weighted by molar-refractivity contribution is -0.138. The third kappa shape index (κ3) is 4.09. The molecule has 0 radical (unpaired) electrons. The Balaban J connectivity index is 1.68. The standard InChI is InChI=1S/C19H26N2O3/c1-15-6-3-7-16(2)21(15)19(22)14-20(12-17-8-4-10-23-17)13-18-9-5-11-24-18/h4-5,8-11,15-16H,3,6-7,12-14H2,1-2H3. The lowest BCUT2D eigenvalue weighted by Crippen LogP contribution is -2.50. The predicted octanol–water partition coefficient (Wildman–Crippen LogP) is 3.66. The van der Waals surface area contributed by atoms with E-state index in [4.69, 9.17) is 8.83 Å². The SMILES string of the molecule is CC1CCCC(C)N1C(=O)CN(Cc1ccco1)Cc1ccco1. The van der Waals surface area contributed by atoms with E-state index in [1.165, 1.54) is 6.42 Å². The molecule has 1 amide bonds. The van der Waals surface area contributed by atoms with Crippen molar-refractivity contribution in [1.29, 1.82) is 0 Å². The molecule has 5 nitrogen and oxygen atoms in total. The van der Waals surface area contributed by atoms with Gasteiger partial charge in [0, 0.05) is 12.1 Å². The minimum Gasteiger partial charge on any atom is -0.468 e. The first-order valence-electron chi connectivity index (χ1n) is 8.72. The van der Waals surface area contributed by atoms with Gasteiger partial charge in [-0.2, -0.15) is 0 Å². The molecule has 2 unspecified atom stereocenters. The van der Waals surface area contributed by atoms with Crippen LogP contribution in [0.1, 0.15) is 44.6 Å². The number of nitrogens with zero attached hydrogens (tertiary/aromatic N) is 2. The van der Waals surface area contributed by atoms with E-state index < -0.39 is 0 Å². The minimum absolute atomic E-state index is 0.188. The molecular weight excluding hydrogens is 304 g/mol. The maximum Gasteiger partial charge on any atom is 0.237 e. The Morgan fingerprint density at radius 3 is 2.08 bits per heavy atom. The Bertz CT molecular complexity index is 575. The number of carbonyl (C=O) groups is 1. The molecule has 1 aliphatic rings. The zero-order chi connectivity index (χ0) is 16.9. The average Bonchev–Trinajstić information content (AvgIpc) is 3.21. The van der Waals surface area contributed by atoms with Gasteiger partial charge in [-0.25, -0.2) is 0 Å². The van der Waals surface area contributed by atoms with Gasteiger partial charge < -0.3 is 13.7 Å². The smallest absolute Gasteiger partial charge is 0.237 e. The van der Waals surface area contributed by atoms with Crippen LogP contribution >= 0.6 is 0 Å². The fourth-order valence-corrected chi connectivity index (χ4v) is 3.60. The highest BCUT2D eigenvalue weighted by atomic mass is 16.3. The van der Waals surface area contributed by atoms with Gasteiger partial charge in [0.25, 0.3) is 0 Å². The summed E-state index contributed by atoms with van der Waals surface area (Å²) >= 11 is 0. The van der Waals surface area contributed by atoms with E-state index >= 15 is 0 Å². The highest BCUT2D eigenvalue weighted by molar-refractivity contribution is 5.79. The summed E-state index contributed by atoms with van der Waals surface area (Å²) in [6, 6.07) is 8.25. The van der Waals surface area contributed by atoms with Crippen LogP contribution in [0.5, 0.6) is 0 Å². The number of carbonyl (C=O) groups excluding carboxylic acids is 1. The molecule has 5 heteroatoms.